The van der Waals surface area contributed by atoms with Crippen LogP contribution in [0.5, 0.6) is 0 Å². The zero-order valence-electron chi connectivity index (χ0n) is 18.9. The first kappa shape index (κ1) is 21.8. The minimum Gasteiger partial charge on any atom is -0.425 e. The Morgan fingerprint density at radius 3 is 2.42 bits per heavy atom. The van der Waals surface area contributed by atoms with Gasteiger partial charge in [0.15, 0.2) is 0 Å². The van der Waals surface area contributed by atoms with Crippen LogP contribution in [0, 0.1) is 0 Å². The summed E-state index contributed by atoms with van der Waals surface area (Å²) in [6.07, 6.45) is 10.5. The predicted molar refractivity (Wildman–Crippen MR) is 124 cm³/mol. The highest BCUT2D eigenvalue weighted by atomic mass is 16.4. The average Bonchev–Trinajstić information content (AvgIpc) is 3.34. The molecular weight excluding hydrogens is 418 g/mol. The van der Waals surface area contributed by atoms with Gasteiger partial charge in [-0.05, 0) is 50.7 Å². The van der Waals surface area contributed by atoms with Gasteiger partial charge >= 0.3 is 0 Å². The minimum absolute atomic E-state index is 0.00775. The maximum atomic E-state index is 12.5. The van der Waals surface area contributed by atoms with Crippen LogP contribution in [0.15, 0.2) is 33.5 Å². The molecule has 8 heteroatoms. The second kappa shape index (κ2) is 9.85. The number of nitrogens with one attached hydrogen (secondary N) is 2. The summed E-state index contributed by atoms with van der Waals surface area (Å²) in [6, 6.07) is 7.40. The summed E-state index contributed by atoms with van der Waals surface area (Å²) in [7, 11) is 0. The Labute approximate surface area is 192 Å². The van der Waals surface area contributed by atoms with Crippen molar-refractivity contribution in [3.05, 3.63) is 52.2 Å². The summed E-state index contributed by atoms with van der Waals surface area (Å²) in [6.45, 7) is 0. The summed E-state index contributed by atoms with van der Waals surface area (Å²) < 4.78 is 6.06. The predicted octanol–water partition coefficient (Wildman–Crippen LogP) is 4.13. The molecule has 3 aromatic rings. The highest BCUT2D eigenvalue weighted by Gasteiger charge is 2.29. The number of H-pyrrole nitrogens is 1. The fraction of sp³-hybridized carbons (Fsp3) is 0.560. The summed E-state index contributed by atoms with van der Waals surface area (Å²) in [4.78, 5) is 31.9. The van der Waals surface area contributed by atoms with Gasteiger partial charge in [-0.1, -0.05) is 31.4 Å². The number of hydrogen-bond donors (Lipinski definition) is 2. The molecule has 1 aromatic carbocycles. The van der Waals surface area contributed by atoms with Gasteiger partial charge in [-0.25, -0.2) is 4.98 Å². The minimum atomic E-state index is -0.165. The van der Waals surface area contributed by atoms with Crippen molar-refractivity contribution in [2.45, 2.75) is 88.5 Å². The summed E-state index contributed by atoms with van der Waals surface area (Å²) >= 11 is 0. The van der Waals surface area contributed by atoms with E-state index >= 15 is 0 Å². The van der Waals surface area contributed by atoms with Crippen LogP contribution in [-0.4, -0.2) is 32.1 Å². The van der Waals surface area contributed by atoms with Crippen molar-refractivity contribution in [2.24, 2.45) is 0 Å². The third-order valence-corrected chi connectivity index (χ3v) is 7.10. The van der Waals surface area contributed by atoms with Gasteiger partial charge in [0, 0.05) is 30.7 Å². The lowest BCUT2D eigenvalue weighted by atomic mass is 9.86. The number of rotatable bonds is 6. The molecule has 2 aliphatic carbocycles. The molecule has 33 heavy (non-hydrogen) atoms. The van der Waals surface area contributed by atoms with E-state index < -0.39 is 0 Å². The van der Waals surface area contributed by atoms with Crippen LogP contribution in [0.2, 0.25) is 0 Å². The van der Waals surface area contributed by atoms with Gasteiger partial charge in [-0.3, -0.25) is 9.59 Å². The summed E-state index contributed by atoms with van der Waals surface area (Å²) in [5, 5.41) is 12.4. The number of para-hydroxylation sites is 1. The van der Waals surface area contributed by atoms with Crippen LogP contribution in [-0.2, 0) is 11.2 Å². The number of carbonyl (C=O) groups is 1. The highest BCUT2D eigenvalue weighted by Crippen LogP contribution is 2.36. The van der Waals surface area contributed by atoms with Crippen LogP contribution in [0.25, 0.3) is 10.9 Å². The zero-order chi connectivity index (χ0) is 22.6. The lowest BCUT2D eigenvalue weighted by Gasteiger charge is -2.27. The number of fused-ring (bicyclic) bond motifs is 1. The molecule has 8 nitrogen and oxygen atoms in total. The maximum absolute atomic E-state index is 12.5. The van der Waals surface area contributed by atoms with Crippen LogP contribution in [0.4, 0.5) is 0 Å². The van der Waals surface area contributed by atoms with E-state index in [-0.39, 0.29) is 23.4 Å². The SMILES string of the molecule is O=C(CCc1nc2ccccc2c(=O)[nH]1)NC1CCC(c2nnc(C3CCCCC3)o2)CC1. The molecule has 0 atom stereocenters. The molecule has 5 rings (SSSR count). The molecule has 1 amide bonds. The van der Waals surface area contributed by atoms with Gasteiger partial charge in [-0.2, -0.15) is 0 Å². The van der Waals surface area contributed by atoms with E-state index in [0.717, 1.165) is 50.3 Å². The molecule has 2 aromatic heterocycles. The number of nitrogens with zero attached hydrogens (tertiary/aromatic N) is 3. The molecule has 2 aliphatic rings. The Bertz CT molecular complexity index is 1160. The third-order valence-electron chi connectivity index (χ3n) is 7.10. The molecule has 0 unspecified atom stereocenters. The smallest absolute Gasteiger partial charge is 0.258 e. The normalized spacial score (nSPS) is 21.8. The number of aromatic amines is 1. The first-order valence-corrected chi connectivity index (χ1v) is 12.3. The number of amides is 1. The van der Waals surface area contributed by atoms with Gasteiger partial charge in [0.1, 0.15) is 5.82 Å². The van der Waals surface area contributed by atoms with E-state index in [9.17, 15) is 9.59 Å². The van der Waals surface area contributed by atoms with Crippen molar-refractivity contribution in [3.8, 4) is 0 Å². The van der Waals surface area contributed by atoms with E-state index in [1.165, 1.54) is 19.3 Å². The monoisotopic (exact) mass is 449 g/mol. The van der Waals surface area contributed by atoms with Gasteiger partial charge in [0.05, 0.1) is 10.9 Å². The van der Waals surface area contributed by atoms with E-state index in [1.807, 2.05) is 18.2 Å². The Kier molecular flexibility index (Phi) is 6.51. The Morgan fingerprint density at radius 1 is 0.970 bits per heavy atom. The summed E-state index contributed by atoms with van der Waals surface area (Å²) in [5.41, 5.74) is 0.490. The standard InChI is InChI=1S/C25H31N5O3/c31-22(15-14-21-27-20-9-5-4-8-19(20)23(32)28-21)26-18-12-10-17(11-13-18)25-30-29-24(33-25)16-6-2-1-3-7-16/h4-5,8-9,16-18H,1-3,6-7,10-15H2,(H,26,31)(H,27,28,32). The molecule has 0 spiro atoms. The van der Waals surface area contributed by atoms with Crippen LogP contribution < -0.4 is 10.9 Å². The molecule has 0 radical (unpaired) electrons. The van der Waals surface area contributed by atoms with Crippen LogP contribution in [0.3, 0.4) is 0 Å². The van der Waals surface area contributed by atoms with E-state index in [4.69, 9.17) is 4.42 Å². The molecule has 2 N–H and O–H groups in total. The lowest BCUT2D eigenvalue weighted by molar-refractivity contribution is -0.122. The van der Waals surface area contributed by atoms with Crippen molar-refractivity contribution in [1.82, 2.24) is 25.5 Å². The number of aryl methyl sites for hydroxylation is 1. The van der Waals surface area contributed by atoms with E-state index in [1.54, 1.807) is 6.07 Å². The summed E-state index contributed by atoms with van der Waals surface area (Å²) in [5.74, 6) is 2.85. The molecule has 0 aliphatic heterocycles. The fourth-order valence-corrected chi connectivity index (χ4v) is 5.20. The molecule has 2 saturated carbocycles. The van der Waals surface area contributed by atoms with Gasteiger partial charge in [0.25, 0.3) is 5.56 Å². The Hall–Kier alpha value is -3.03. The number of carbonyl (C=O) groups excluding carboxylic acids is 1. The van der Waals surface area contributed by atoms with Crippen molar-refractivity contribution in [3.63, 3.8) is 0 Å². The van der Waals surface area contributed by atoms with Crippen LogP contribution >= 0.6 is 0 Å². The number of aromatic nitrogens is 4. The fourth-order valence-electron chi connectivity index (χ4n) is 5.20. The quantitative estimate of drug-likeness (QED) is 0.585. The second-order valence-electron chi connectivity index (χ2n) is 9.46. The number of hydrogen-bond acceptors (Lipinski definition) is 6. The Morgan fingerprint density at radius 2 is 1.67 bits per heavy atom. The number of benzene rings is 1. The molecule has 2 fully saturated rings. The molecular formula is C25H31N5O3. The average molecular weight is 450 g/mol. The van der Waals surface area contributed by atoms with E-state index in [2.05, 4.69) is 25.5 Å². The Balaban J connectivity index is 1.09. The lowest BCUT2D eigenvalue weighted by Crippen LogP contribution is -2.37. The molecule has 0 bridgehead atoms. The first-order chi connectivity index (χ1) is 16.2. The molecule has 174 valence electrons. The second-order valence-corrected chi connectivity index (χ2v) is 9.46. The van der Waals surface area contributed by atoms with Crippen molar-refractivity contribution in [1.29, 1.82) is 0 Å². The van der Waals surface area contributed by atoms with Gasteiger partial charge < -0.3 is 14.7 Å². The topological polar surface area (TPSA) is 114 Å². The zero-order valence-corrected chi connectivity index (χ0v) is 18.9. The van der Waals surface area contributed by atoms with E-state index in [0.29, 0.717) is 35.5 Å². The highest BCUT2D eigenvalue weighted by molar-refractivity contribution is 5.78. The van der Waals surface area contributed by atoms with Gasteiger partial charge in [0.2, 0.25) is 17.7 Å². The maximum Gasteiger partial charge on any atom is 0.258 e. The van der Waals surface area contributed by atoms with Crippen LogP contribution in [0.1, 0.15) is 93.6 Å². The first-order valence-electron chi connectivity index (χ1n) is 12.3. The van der Waals surface area contributed by atoms with Crippen molar-refractivity contribution in [2.75, 3.05) is 0 Å². The molecule has 0 saturated heterocycles. The molecule has 2 heterocycles. The largest absolute Gasteiger partial charge is 0.425 e. The third kappa shape index (κ3) is 5.15. The van der Waals surface area contributed by atoms with Crippen molar-refractivity contribution >= 4 is 16.8 Å². The van der Waals surface area contributed by atoms with Crippen molar-refractivity contribution < 1.29 is 9.21 Å². The van der Waals surface area contributed by atoms with Gasteiger partial charge in [-0.15, -0.1) is 10.2 Å².